The summed E-state index contributed by atoms with van der Waals surface area (Å²) in [5, 5.41) is 17.3. The lowest BCUT2D eigenvalue weighted by Gasteiger charge is -2.33. The SMILES string of the molecule is Cc1nc(C2CCCN(CC(O)COC(C)(C)C)C2)n[nH]1. The van der Waals surface area contributed by atoms with Gasteiger partial charge in [-0.05, 0) is 47.1 Å². The van der Waals surface area contributed by atoms with Gasteiger partial charge in [-0.25, -0.2) is 4.98 Å². The van der Waals surface area contributed by atoms with Gasteiger partial charge in [-0.2, -0.15) is 5.10 Å². The number of hydrogen-bond acceptors (Lipinski definition) is 5. The molecule has 2 unspecified atom stereocenters. The number of hydrogen-bond donors (Lipinski definition) is 2. The normalized spacial score (nSPS) is 22.4. The van der Waals surface area contributed by atoms with E-state index in [0.717, 1.165) is 37.6 Å². The molecule has 2 N–H and O–H groups in total. The number of likely N-dealkylation sites (tertiary alicyclic amines) is 1. The van der Waals surface area contributed by atoms with Crippen molar-refractivity contribution in [2.24, 2.45) is 0 Å². The number of rotatable bonds is 5. The number of H-pyrrole nitrogens is 1. The Morgan fingerprint density at radius 2 is 2.24 bits per heavy atom. The van der Waals surface area contributed by atoms with Crippen LogP contribution in [0.15, 0.2) is 0 Å². The Bertz CT molecular complexity index is 441. The van der Waals surface area contributed by atoms with Crippen molar-refractivity contribution in [2.45, 2.75) is 58.2 Å². The van der Waals surface area contributed by atoms with Crippen LogP contribution in [0.5, 0.6) is 0 Å². The zero-order chi connectivity index (χ0) is 15.5. The van der Waals surface area contributed by atoms with Crippen molar-refractivity contribution in [3.63, 3.8) is 0 Å². The van der Waals surface area contributed by atoms with E-state index in [1.165, 1.54) is 0 Å². The maximum Gasteiger partial charge on any atom is 0.155 e. The van der Waals surface area contributed by atoms with E-state index in [2.05, 4.69) is 20.1 Å². The first-order chi connectivity index (χ1) is 9.83. The third kappa shape index (κ3) is 5.37. The molecule has 1 aromatic rings. The fraction of sp³-hybridized carbons (Fsp3) is 0.867. The predicted molar refractivity (Wildman–Crippen MR) is 81.2 cm³/mol. The van der Waals surface area contributed by atoms with Gasteiger partial charge in [0.1, 0.15) is 5.82 Å². The van der Waals surface area contributed by atoms with Gasteiger partial charge in [0, 0.05) is 19.0 Å². The van der Waals surface area contributed by atoms with E-state index < -0.39 is 6.10 Å². The summed E-state index contributed by atoms with van der Waals surface area (Å²) in [4.78, 5) is 6.72. The monoisotopic (exact) mass is 296 g/mol. The molecule has 2 heterocycles. The van der Waals surface area contributed by atoms with Crippen molar-refractivity contribution >= 4 is 0 Å². The molecule has 6 heteroatoms. The fourth-order valence-corrected chi connectivity index (χ4v) is 2.67. The molecule has 1 saturated heterocycles. The minimum Gasteiger partial charge on any atom is -0.389 e. The summed E-state index contributed by atoms with van der Waals surface area (Å²) in [6.07, 6.45) is 1.78. The first-order valence-electron chi connectivity index (χ1n) is 7.77. The highest BCUT2D eigenvalue weighted by atomic mass is 16.5. The number of β-amino-alcohol motifs (C(OH)–C–C–N with tert-alkyl or cyclic N) is 1. The fourth-order valence-electron chi connectivity index (χ4n) is 2.67. The largest absolute Gasteiger partial charge is 0.389 e. The van der Waals surface area contributed by atoms with Gasteiger partial charge in [0.2, 0.25) is 0 Å². The van der Waals surface area contributed by atoms with E-state index in [9.17, 15) is 5.11 Å². The molecule has 0 spiro atoms. The van der Waals surface area contributed by atoms with Gasteiger partial charge < -0.3 is 9.84 Å². The second kappa shape index (κ2) is 6.85. The van der Waals surface area contributed by atoms with Gasteiger partial charge in [-0.15, -0.1) is 0 Å². The van der Waals surface area contributed by atoms with Crippen molar-refractivity contribution < 1.29 is 9.84 Å². The second-order valence-electron chi connectivity index (χ2n) is 6.95. The minimum absolute atomic E-state index is 0.206. The van der Waals surface area contributed by atoms with Crippen LogP contribution in [0.3, 0.4) is 0 Å². The molecule has 2 rings (SSSR count). The van der Waals surface area contributed by atoms with Crippen LogP contribution < -0.4 is 0 Å². The van der Waals surface area contributed by atoms with Gasteiger partial charge in [0.25, 0.3) is 0 Å². The summed E-state index contributed by atoms with van der Waals surface area (Å²) < 4.78 is 5.64. The van der Waals surface area contributed by atoms with Crippen molar-refractivity contribution in [3.8, 4) is 0 Å². The topological polar surface area (TPSA) is 74.3 Å². The Labute approximate surface area is 126 Å². The van der Waals surface area contributed by atoms with E-state index in [-0.39, 0.29) is 5.60 Å². The van der Waals surface area contributed by atoms with Crippen LogP contribution in [-0.4, -0.2) is 63.1 Å². The first-order valence-corrected chi connectivity index (χ1v) is 7.77. The molecule has 6 nitrogen and oxygen atoms in total. The average Bonchev–Trinajstić information content (AvgIpc) is 2.83. The molecule has 0 saturated carbocycles. The quantitative estimate of drug-likeness (QED) is 0.860. The summed E-state index contributed by atoms with van der Waals surface area (Å²) in [6.45, 7) is 10.9. The minimum atomic E-state index is -0.447. The van der Waals surface area contributed by atoms with Gasteiger partial charge >= 0.3 is 0 Å². The van der Waals surface area contributed by atoms with Crippen molar-refractivity contribution in [1.82, 2.24) is 20.1 Å². The van der Waals surface area contributed by atoms with E-state index in [1.807, 2.05) is 27.7 Å². The zero-order valence-electron chi connectivity index (χ0n) is 13.6. The Balaban J connectivity index is 1.81. The number of aryl methyl sites for hydroxylation is 1. The molecule has 0 aromatic carbocycles. The molecule has 1 aromatic heterocycles. The summed E-state index contributed by atoms with van der Waals surface area (Å²) in [7, 11) is 0. The number of piperidine rings is 1. The third-order valence-corrected chi connectivity index (χ3v) is 3.66. The molecule has 0 radical (unpaired) electrons. The van der Waals surface area contributed by atoms with E-state index >= 15 is 0 Å². The van der Waals surface area contributed by atoms with Crippen molar-refractivity contribution in [3.05, 3.63) is 11.6 Å². The van der Waals surface area contributed by atoms with E-state index in [1.54, 1.807) is 0 Å². The van der Waals surface area contributed by atoms with Crippen LogP contribution in [0.2, 0.25) is 0 Å². The number of nitrogens with zero attached hydrogens (tertiary/aromatic N) is 3. The first kappa shape index (κ1) is 16.4. The van der Waals surface area contributed by atoms with Crippen LogP contribution in [0.1, 0.15) is 51.2 Å². The summed E-state index contributed by atoms with van der Waals surface area (Å²) in [6, 6.07) is 0. The maximum absolute atomic E-state index is 10.1. The number of nitrogens with one attached hydrogen (secondary N) is 1. The molecular weight excluding hydrogens is 268 g/mol. The summed E-state index contributed by atoms with van der Waals surface area (Å²) in [5.74, 6) is 2.12. The summed E-state index contributed by atoms with van der Waals surface area (Å²) in [5.41, 5.74) is -0.206. The Kier molecular flexibility index (Phi) is 5.35. The molecule has 1 aliphatic heterocycles. The lowest BCUT2D eigenvalue weighted by Crippen LogP contribution is -2.41. The van der Waals surface area contributed by atoms with Crippen LogP contribution in [0.4, 0.5) is 0 Å². The maximum atomic E-state index is 10.1. The summed E-state index contributed by atoms with van der Waals surface area (Å²) >= 11 is 0. The second-order valence-corrected chi connectivity index (χ2v) is 6.95. The van der Waals surface area contributed by atoms with E-state index in [4.69, 9.17) is 4.74 Å². The van der Waals surface area contributed by atoms with Crippen LogP contribution in [0.25, 0.3) is 0 Å². The Morgan fingerprint density at radius 3 is 2.86 bits per heavy atom. The number of aromatic amines is 1. The zero-order valence-corrected chi connectivity index (χ0v) is 13.6. The van der Waals surface area contributed by atoms with Gasteiger partial charge in [0.15, 0.2) is 5.82 Å². The van der Waals surface area contributed by atoms with Crippen LogP contribution >= 0.6 is 0 Å². The molecule has 2 atom stereocenters. The van der Waals surface area contributed by atoms with Crippen molar-refractivity contribution in [2.75, 3.05) is 26.2 Å². The van der Waals surface area contributed by atoms with Crippen LogP contribution in [-0.2, 0) is 4.74 Å². The molecule has 21 heavy (non-hydrogen) atoms. The Morgan fingerprint density at radius 1 is 1.48 bits per heavy atom. The molecule has 1 aliphatic rings. The smallest absolute Gasteiger partial charge is 0.155 e. The van der Waals surface area contributed by atoms with E-state index in [0.29, 0.717) is 19.1 Å². The number of ether oxygens (including phenoxy) is 1. The average molecular weight is 296 g/mol. The molecule has 1 fully saturated rings. The highest BCUT2D eigenvalue weighted by molar-refractivity contribution is 4.99. The van der Waals surface area contributed by atoms with Crippen molar-refractivity contribution in [1.29, 1.82) is 0 Å². The predicted octanol–water partition coefficient (Wildman–Crippen LogP) is 1.47. The lowest BCUT2D eigenvalue weighted by molar-refractivity contribution is -0.0575. The molecule has 120 valence electrons. The molecular formula is C15H28N4O2. The molecule has 0 aliphatic carbocycles. The highest BCUT2D eigenvalue weighted by Crippen LogP contribution is 2.24. The number of aliphatic hydroxyl groups excluding tert-OH is 1. The Hall–Kier alpha value is -0.980. The number of aromatic nitrogens is 3. The van der Waals surface area contributed by atoms with Gasteiger partial charge in [-0.3, -0.25) is 10.00 Å². The van der Waals surface area contributed by atoms with Crippen LogP contribution in [0, 0.1) is 6.92 Å². The molecule has 0 amide bonds. The highest BCUT2D eigenvalue weighted by Gasteiger charge is 2.26. The standard InChI is InChI=1S/C15H28N4O2/c1-11-16-14(18-17-11)12-6-5-7-19(8-12)9-13(20)10-21-15(2,3)4/h12-13,20H,5-10H2,1-4H3,(H,16,17,18). The van der Waals surface area contributed by atoms with Gasteiger partial charge in [0.05, 0.1) is 18.3 Å². The van der Waals surface area contributed by atoms with Gasteiger partial charge in [-0.1, -0.05) is 0 Å². The third-order valence-electron chi connectivity index (χ3n) is 3.66. The molecule has 0 bridgehead atoms. The lowest BCUT2D eigenvalue weighted by atomic mass is 9.97. The number of aliphatic hydroxyl groups is 1.